The maximum absolute atomic E-state index is 10.3. The SMILES string of the molecule is Cc1ccccc1OCC(O)CNC(C)(C)Cc1c(C)[nH]c2ccccc12.O=C(O)C(=O)O. The van der Waals surface area contributed by atoms with Crippen LogP contribution in [0, 0.1) is 13.8 Å². The highest BCUT2D eigenvalue weighted by atomic mass is 16.5. The van der Waals surface area contributed by atoms with Gasteiger partial charge in [0.15, 0.2) is 0 Å². The molecule has 3 rings (SSSR count). The molecule has 0 aliphatic heterocycles. The molecule has 0 bridgehead atoms. The molecule has 0 aliphatic carbocycles. The van der Waals surface area contributed by atoms with E-state index in [-0.39, 0.29) is 12.1 Å². The zero-order valence-corrected chi connectivity index (χ0v) is 19.4. The predicted octanol–water partition coefficient (Wildman–Crippen LogP) is 3.29. The van der Waals surface area contributed by atoms with Gasteiger partial charge in [0.05, 0.1) is 0 Å². The normalized spacial score (nSPS) is 12.0. The number of ether oxygens (including phenoxy) is 1. The fraction of sp³-hybridized carbons (Fsp3) is 0.360. The summed E-state index contributed by atoms with van der Waals surface area (Å²) in [6, 6.07) is 16.3. The zero-order valence-electron chi connectivity index (χ0n) is 19.4. The topological polar surface area (TPSA) is 132 Å². The standard InChI is InChI=1S/C23H30N2O2.C2H2O4/c1-16-9-5-8-12-22(16)27-15-18(26)14-24-23(3,4)13-20-17(2)25-21-11-7-6-10-19(20)21;3-1(4)2(5)6/h5-12,18,24-26H,13-15H2,1-4H3;(H,3,4)(H,5,6). The Morgan fingerprint density at radius 2 is 1.64 bits per heavy atom. The lowest BCUT2D eigenvalue weighted by atomic mass is 9.93. The van der Waals surface area contributed by atoms with E-state index in [9.17, 15) is 5.11 Å². The van der Waals surface area contributed by atoms with Gasteiger partial charge in [0.1, 0.15) is 18.5 Å². The quantitative estimate of drug-likeness (QED) is 0.329. The third-order valence-corrected chi connectivity index (χ3v) is 5.17. The van der Waals surface area contributed by atoms with E-state index in [1.807, 2.05) is 31.2 Å². The van der Waals surface area contributed by atoms with Gasteiger partial charge in [0.25, 0.3) is 0 Å². The first-order valence-corrected chi connectivity index (χ1v) is 10.6. The van der Waals surface area contributed by atoms with Crippen molar-refractivity contribution < 1.29 is 29.6 Å². The molecular weight excluding hydrogens is 424 g/mol. The number of β-amino-alcohol motifs (C(OH)–C–C–N with tert-alkyl or cyclic N) is 1. The minimum absolute atomic E-state index is 0.140. The molecule has 8 heteroatoms. The summed E-state index contributed by atoms with van der Waals surface area (Å²) < 4.78 is 5.75. The number of aromatic nitrogens is 1. The van der Waals surface area contributed by atoms with E-state index < -0.39 is 18.0 Å². The van der Waals surface area contributed by atoms with Gasteiger partial charge in [-0.3, -0.25) is 0 Å². The van der Waals surface area contributed by atoms with Crippen molar-refractivity contribution in [1.29, 1.82) is 0 Å². The Bertz CT molecular complexity index is 1080. The van der Waals surface area contributed by atoms with Gasteiger partial charge in [-0.25, -0.2) is 9.59 Å². The number of aliphatic hydroxyl groups excluding tert-OH is 1. The van der Waals surface area contributed by atoms with Crippen molar-refractivity contribution in [2.45, 2.75) is 45.8 Å². The fourth-order valence-corrected chi connectivity index (χ4v) is 3.42. The molecule has 1 unspecified atom stereocenters. The van der Waals surface area contributed by atoms with E-state index in [2.05, 4.69) is 55.3 Å². The van der Waals surface area contributed by atoms with Gasteiger partial charge in [-0.05, 0) is 57.4 Å². The Morgan fingerprint density at radius 1 is 1.03 bits per heavy atom. The van der Waals surface area contributed by atoms with Crippen molar-refractivity contribution in [3.8, 4) is 5.75 Å². The van der Waals surface area contributed by atoms with E-state index in [1.165, 1.54) is 22.2 Å². The number of nitrogens with one attached hydrogen (secondary N) is 2. The molecule has 0 saturated heterocycles. The molecule has 5 N–H and O–H groups in total. The van der Waals surface area contributed by atoms with Crippen molar-refractivity contribution >= 4 is 22.8 Å². The lowest BCUT2D eigenvalue weighted by molar-refractivity contribution is -0.159. The van der Waals surface area contributed by atoms with E-state index >= 15 is 0 Å². The van der Waals surface area contributed by atoms with Crippen molar-refractivity contribution in [3.05, 3.63) is 65.4 Å². The number of benzene rings is 2. The van der Waals surface area contributed by atoms with Crippen LogP contribution >= 0.6 is 0 Å². The van der Waals surface area contributed by atoms with Gasteiger partial charge in [0.2, 0.25) is 0 Å². The van der Waals surface area contributed by atoms with E-state index in [0.29, 0.717) is 6.54 Å². The number of aryl methyl sites for hydroxylation is 2. The number of hydrogen-bond donors (Lipinski definition) is 5. The number of aromatic amines is 1. The first kappa shape index (κ1) is 25.9. The summed E-state index contributed by atoms with van der Waals surface area (Å²) in [5, 5.41) is 29.9. The number of carbonyl (C=O) groups is 2. The Kier molecular flexibility index (Phi) is 9.02. The van der Waals surface area contributed by atoms with Gasteiger partial charge in [-0.15, -0.1) is 0 Å². The molecule has 33 heavy (non-hydrogen) atoms. The van der Waals surface area contributed by atoms with Crippen LogP contribution in [-0.4, -0.2) is 57.0 Å². The predicted molar refractivity (Wildman–Crippen MR) is 127 cm³/mol. The molecule has 2 aromatic carbocycles. The summed E-state index contributed by atoms with van der Waals surface area (Å²) in [5.41, 5.74) is 4.64. The summed E-state index contributed by atoms with van der Waals surface area (Å²) in [5.74, 6) is -2.82. The monoisotopic (exact) mass is 456 g/mol. The van der Waals surface area contributed by atoms with Crippen molar-refractivity contribution in [2.24, 2.45) is 0 Å². The average molecular weight is 457 g/mol. The molecule has 0 aliphatic rings. The number of hydrogen-bond acceptors (Lipinski definition) is 5. The number of aliphatic hydroxyl groups is 1. The molecule has 0 saturated carbocycles. The number of rotatable bonds is 8. The summed E-state index contributed by atoms with van der Waals surface area (Å²) >= 11 is 0. The number of carboxylic acids is 2. The Labute approximate surface area is 193 Å². The maximum atomic E-state index is 10.3. The van der Waals surface area contributed by atoms with Crippen LogP contribution in [0.4, 0.5) is 0 Å². The maximum Gasteiger partial charge on any atom is 0.414 e. The molecule has 3 aromatic rings. The van der Waals surface area contributed by atoms with Gasteiger partial charge in [-0.1, -0.05) is 36.4 Å². The van der Waals surface area contributed by atoms with Crippen LogP contribution in [-0.2, 0) is 16.0 Å². The molecule has 0 spiro atoms. The number of H-pyrrole nitrogens is 1. The fourth-order valence-electron chi connectivity index (χ4n) is 3.42. The molecule has 0 radical (unpaired) electrons. The van der Waals surface area contributed by atoms with E-state index in [1.54, 1.807) is 0 Å². The second kappa shape index (κ2) is 11.5. The van der Waals surface area contributed by atoms with Crippen LogP contribution in [0.5, 0.6) is 5.75 Å². The van der Waals surface area contributed by atoms with Crippen LogP contribution in [0.1, 0.15) is 30.7 Å². The van der Waals surface area contributed by atoms with Gasteiger partial charge in [0, 0.05) is 28.7 Å². The van der Waals surface area contributed by atoms with Crippen LogP contribution in [0.2, 0.25) is 0 Å². The Morgan fingerprint density at radius 3 is 2.27 bits per heavy atom. The summed E-state index contributed by atoms with van der Waals surface area (Å²) in [7, 11) is 0. The van der Waals surface area contributed by atoms with Crippen LogP contribution in [0.25, 0.3) is 10.9 Å². The molecule has 0 amide bonds. The zero-order chi connectivity index (χ0) is 24.6. The first-order chi connectivity index (χ1) is 15.5. The molecule has 178 valence electrons. The number of aliphatic carboxylic acids is 2. The largest absolute Gasteiger partial charge is 0.491 e. The number of fused-ring (bicyclic) bond motifs is 1. The first-order valence-electron chi connectivity index (χ1n) is 10.6. The second-order valence-corrected chi connectivity index (χ2v) is 8.56. The molecule has 1 aromatic heterocycles. The highest BCUT2D eigenvalue weighted by Crippen LogP contribution is 2.26. The second-order valence-electron chi connectivity index (χ2n) is 8.56. The minimum atomic E-state index is -1.82. The lowest BCUT2D eigenvalue weighted by Gasteiger charge is -2.28. The van der Waals surface area contributed by atoms with E-state index in [4.69, 9.17) is 24.5 Å². The van der Waals surface area contributed by atoms with Gasteiger partial charge >= 0.3 is 11.9 Å². The number of carboxylic acid groups (broad SMARTS) is 2. The average Bonchev–Trinajstić information content (AvgIpc) is 3.07. The molecule has 1 heterocycles. The molecule has 8 nitrogen and oxygen atoms in total. The van der Waals surface area contributed by atoms with Gasteiger partial charge < -0.3 is 30.4 Å². The smallest absolute Gasteiger partial charge is 0.414 e. The van der Waals surface area contributed by atoms with Crippen molar-refractivity contribution in [1.82, 2.24) is 10.3 Å². The van der Waals surface area contributed by atoms with Crippen molar-refractivity contribution in [2.75, 3.05) is 13.2 Å². The third kappa shape index (κ3) is 7.93. The Balaban J connectivity index is 0.000000569. The lowest BCUT2D eigenvalue weighted by Crippen LogP contribution is -2.46. The summed E-state index contributed by atoms with van der Waals surface area (Å²) in [6.45, 7) is 9.23. The van der Waals surface area contributed by atoms with E-state index in [0.717, 1.165) is 17.7 Å². The Hall–Kier alpha value is -3.36. The van der Waals surface area contributed by atoms with Gasteiger partial charge in [-0.2, -0.15) is 0 Å². The summed E-state index contributed by atoms with van der Waals surface area (Å²) in [4.78, 5) is 21.7. The van der Waals surface area contributed by atoms with Crippen LogP contribution in [0.15, 0.2) is 48.5 Å². The molecule has 0 fully saturated rings. The number of para-hydroxylation sites is 2. The highest BCUT2D eigenvalue weighted by molar-refractivity contribution is 6.27. The molecule has 1 atom stereocenters. The van der Waals surface area contributed by atoms with Crippen molar-refractivity contribution in [3.63, 3.8) is 0 Å². The summed E-state index contributed by atoms with van der Waals surface area (Å²) in [6.07, 6.45) is 0.321. The van der Waals surface area contributed by atoms with Crippen LogP contribution < -0.4 is 10.1 Å². The molecular formula is C25H32N2O6. The minimum Gasteiger partial charge on any atom is -0.491 e. The third-order valence-electron chi connectivity index (χ3n) is 5.17. The van der Waals surface area contributed by atoms with Crippen LogP contribution in [0.3, 0.4) is 0 Å². The highest BCUT2D eigenvalue weighted by Gasteiger charge is 2.22.